The van der Waals surface area contributed by atoms with Gasteiger partial charge in [-0.25, -0.2) is 0 Å². The molecule has 0 bridgehead atoms. The van der Waals surface area contributed by atoms with Gasteiger partial charge in [-0.05, 0) is 48.0 Å². The third-order valence-electron chi connectivity index (χ3n) is 5.20. The van der Waals surface area contributed by atoms with E-state index in [1.165, 1.54) is 6.92 Å². The normalized spacial score (nSPS) is 10.2. The van der Waals surface area contributed by atoms with Gasteiger partial charge in [0, 0.05) is 29.8 Å². The summed E-state index contributed by atoms with van der Waals surface area (Å²) in [4.78, 5) is 42.9. The Morgan fingerprint density at radius 3 is 2.16 bits per heavy atom. The lowest BCUT2D eigenvalue weighted by Gasteiger charge is -2.08. The van der Waals surface area contributed by atoms with Crippen LogP contribution in [0.3, 0.4) is 0 Å². The average molecular weight is 518 g/mol. The maximum Gasteiger partial charge on any atom is 0.303 e. The van der Waals surface area contributed by atoms with Gasteiger partial charge in [0.1, 0.15) is 0 Å². The van der Waals surface area contributed by atoms with Crippen molar-refractivity contribution in [2.24, 2.45) is 0 Å². The lowest BCUT2D eigenvalue weighted by atomic mass is 10.1. The number of carbonyl (C=O) groups excluding carboxylic acids is 2. The number of carbonyl (C=O) groups is 4. The number of nitrogens with one attached hydrogen (secondary N) is 2. The summed E-state index contributed by atoms with van der Waals surface area (Å²) in [6.45, 7) is 2.04. The van der Waals surface area contributed by atoms with E-state index in [1.54, 1.807) is 24.3 Å². The van der Waals surface area contributed by atoms with Gasteiger partial charge in [0.2, 0.25) is 5.91 Å². The van der Waals surface area contributed by atoms with Gasteiger partial charge >= 0.3 is 11.9 Å². The third kappa shape index (κ3) is 8.19. The maximum atomic E-state index is 12.4. The molecule has 4 rings (SSSR count). The summed E-state index contributed by atoms with van der Waals surface area (Å²) in [7, 11) is 0. The first-order valence-corrected chi connectivity index (χ1v) is 11.5. The summed E-state index contributed by atoms with van der Waals surface area (Å²) in [5.74, 6) is -2.48. The van der Waals surface area contributed by atoms with Crippen LogP contribution in [0.1, 0.15) is 35.7 Å². The minimum Gasteiger partial charge on any atom is -0.481 e. The summed E-state index contributed by atoms with van der Waals surface area (Å²) in [6.07, 6.45) is 1.36. The molecule has 1 heterocycles. The Balaban J connectivity index is 0.000000436. The molecule has 0 aliphatic heterocycles. The number of carboxylic acids is 2. The number of para-hydroxylation sites is 2. The van der Waals surface area contributed by atoms with Gasteiger partial charge in [-0.1, -0.05) is 24.3 Å². The van der Waals surface area contributed by atoms with Crippen molar-refractivity contribution in [2.75, 3.05) is 16.4 Å². The zero-order chi connectivity index (χ0) is 27.7. The van der Waals surface area contributed by atoms with Crippen molar-refractivity contribution in [2.45, 2.75) is 26.3 Å². The lowest BCUT2D eigenvalue weighted by molar-refractivity contribution is -0.143. The highest BCUT2D eigenvalue weighted by molar-refractivity contribution is 6.05. The largest absolute Gasteiger partial charge is 0.481 e. The topological polar surface area (TPSA) is 177 Å². The minimum absolute atomic E-state index is 0.118. The fourth-order valence-electron chi connectivity index (χ4n) is 3.40. The van der Waals surface area contributed by atoms with E-state index in [9.17, 15) is 19.2 Å². The molecule has 0 saturated heterocycles. The van der Waals surface area contributed by atoms with Crippen LogP contribution in [0.25, 0.3) is 10.9 Å². The van der Waals surface area contributed by atoms with Crippen LogP contribution in [-0.2, 0) is 20.9 Å². The Morgan fingerprint density at radius 1 is 0.895 bits per heavy atom. The first-order chi connectivity index (χ1) is 18.1. The summed E-state index contributed by atoms with van der Waals surface area (Å²) in [5, 5.41) is 26.9. The van der Waals surface area contributed by atoms with E-state index in [0.717, 1.165) is 22.2 Å². The van der Waals surface area contributed by atoms with Crippen molar-refractivity contribution in [1.82, 2.24) is 9.78 Å². The Labute approximate surface area is 217 Å². The second-order valence-electron chi connectivity index (χ2n) is 8.31. The molecule has 0 atom stereocenters. The van der Waals surface area contributed by atoms with Gasteiger partial charge in [0.15, 0.2) is 0 Å². The number of rotatable bonds is 8. The Hall–Kier alpha value is -5.19. The molecule has 0 saturated carbocycles. The number of benzene rings is 3. The van der Waals surface area contributed by atoms with Crippen LogP contribution in [0.15, 0.2) is 72.9 Å². The predicted octanol–water partition coefficient (Wildman–Crippen LogP) is 3.81. The number of amides is 2. The summed E-state index contributed by atoms with van der Waals surface area (Å²) < 4.78 is 1.84. The zero-order valence-electron chi connectivity index (χ0n) is 20.5. The van der Waals surface area contributed by atoms with Crippen LogP contribution < -0.4 is 16.4 Å². The molecule has 0 aliphatic carbocycles. The SMILES string of the molecule is CC(=O)Nc1ccc2cn(Cc3ccc(C(=O)Nc4ccccc4N)cc3)nc2c1.O=C(O)CCC(=O)O. The van der Waals surface area contributed by atoms with Crippen molar-refractivity contribution in [3.8, 4) is 0 Å². The Bertz CT molecular complexity index is 1450. The van der Waals surface area contributed by atoms with Gasteiger partial charge < -0.3 is 26.6 Å². The molecule has 196 valence electrons. The van der Waals surface area contributed by atoms with Crippen molar-refractivity contribution in [3.63, 3.8) is 0 Å². The van der Waals surface area contributed by atoms with Crippen molar-refractivity contribution < 1.29 is 29.4 Å². The molecule has 0 fully saturated rings. The van der Waals surface area contributed by atoms with Crippen LogP contribution in [0.2, 0.25) is 0 Å². The number of nitrogen functional groups attached to an aromatic ring is 1. The number of aromatic nitrogens is 2. The van der Waals surface area contributed by atoms with Gasteiger partial charge in [0.25, 0.3) is 5.91 Å². The predicted molar refractivity (Wildman–Crippen MR) is 143 cm³/mol. The number of hydrogen-bond acceptors (Lipinski definition) is 6. The van der Waals surface area contributed by atoms with Gasteiger partial charge in [-0.15, -0.1) is 0 Å². The van der Waals surface area contributed by atoms with Crippen LogP contribution in [0.5, 0.6) is 0 Å². The number of hydrogen-bond donors (Lipinski definition) is 5. The Kier molecular flexibility index (Phi) is 9.14. The number of aliphatic carboxylic acids is 2. The second kappa shape index (κ2) is 12.7. The standard InChI is InChI=1S/C23H21N5O2.C4H6O4/c1-15(29)25-19-11-10-18-14-28(27-22(18)12-19)13-16-6-8-17(9-7-16)23(30)26-21-5-3-2-4-20(21)24;5-3(6)1-2-4(7)8/h2-12,14H,13,24H2,1H3,(H,25,29)(H,26,30);1-2H2,(H,5,6)(H,7,8). The highest BCUT2D eigenvalue weighted by atomic mass is 16.4. The molecular formula is C27H27N5O6. The molecule has 0 spiro atoms. The molecule has 3 aromatic carbocycles. The Morgan fingerprint density at radius 2 is 1.55 bits per heavy atom. The van der Waals surface area contributed by atoms with Gasteiger partial charge in [-0.3, -0.25) is 23.9 Å². The molecule has 38 heavy (non-hydrogen) atoms. The number of nitrogens with zero attached hydrogens (tertiary/aromatic N) is 2. The monoisotopic (exact) mass is 517 g/mol. The van der Waals surface area contributed by atoms with Gasteiger partial charge in [-0.2, -0.15) is 5.10 Å². The maximum absolute atomic E-state index is 12.4. The number of nitrogens with two attached hydrogens (primary N) is 1. The summed E-state index contributed by atoms with van der Waals surface area (Å²) in [6, 6.07) is 20.1. The molecule has 4 aromatic rings. The fourth-order valence-corrected chi connectivity index (χ4v) is 3.40. The first kappa shape index (κ1) is 27.4. The number of anilines is 3. The number of carboxylic acid groups (broad SMARTS) is 2. The van der Waals surface area contributed by atoms with E-state index < -0.39 is 11.9 Å². The lowest BCUT2D eigenvalue weighted by Crippen LogP contribution is -2.13. The van der Waals surface area contributed by atoms with Crippen molar-refractivity contribution in [3.05, 3.63) is 84.1 Å². The quantitative estimate of drug-likeness (QED) is 0.219. The van der Waals surface area contributed by atoms with E-state index in [0.29, 0.717) is 23.5 Å². The molecule has 0 radical (unpaired) electrons. The first-order valence-electron chi connectivity index (χ1n) is 11.5. The molecule has 0 unspecified atom stereocenters. The van der Waals surface area contributed by atoms with E-state index in [2.05, 4.69) is 15.7 Å². The second-order valence-corrected chi connectivity index (χ2v) is 8.31. The van der Waals surface area contributed by atoms with Crippen LogP contribution in [0.4, 0.5) is 17.1 Å². The van der Waals surface area contributed by atoms with Crippen LogP contribution >= 0.6 is 0 Å². The fraction of sp³-hybridized carbons (Fsp3) is 0.148. The van der Waals surface area contributed by atoms with Crippen molar-refractivity contribution >= 4 is 51.7 Å². The highest BCUT2D eigenvalue weighted by Gasteiger charge is 2.09. The molecule has 11 nitrogen and oxygen atoms in total. The van der Waals surface area contributed by atoms with E-state index in [1.807, 2.05) is 53.3 Å². The summed E-state index contributed by atoms with van der Waals surface area (Å²) >= 11 is 0. The van der Waals surface area contributed by atoms with E-state index in [-0.39, 0.29) is 24.7 Å². The van der Waals surface area contributed by atoms with E-state index >= 15 is 0 Å². The third-order valence-corrected chi connectivity index (χ3v) is 5.20. The molecule has 0 aliphatic rings. The highest BCUT2D eigenvalue weighted by Crippen LogP contribution is 2.20. The zero-order valence-corrected chi connectivity index (χ0v) is 20.5. The van der Waals surface area contributed by atoms with E-state index in [4.69, 9.17) is 15.9 Å². The molecule has 11 heteroatoms. The van der Waals surface area contributed by atoms with Crippen LogP contribution in [0, 0.1) is 0 Å². The minimum atomic E-state index is -1.08. The molecule has 6 N–H and O–H groups in total. The smallest absolute Gasteiger partial charge is 0.303 e. The average Bonchev–Trinajstić information content (AvgIpc) is 3.26. The molecular weight excluding hydrogens is 490 g/mol. The molecule has 1 aromatic heterocycles. The van der Waals surface area contributed by atoms with Crippen molar-refractivity contribution in [1.29, 1.82) is 0 Å². The van der Waals surface area contributed by atoms with Crippen LogP contribution in [-0.4, -0.2) is 43.7 Å². The van der Waals surface area contributed by atoms with Gasteiger partial charge in [0.05, 0.1) is 36.3 Å². The number of fused-ring (bicyclic) bond motifs is 1. The summed E-state index contributed by atoms with van der Waals surface area (Å²) in [5.41, 5.74) is 10.1. The molecule has 2 amide bonds.